The minimum Gasteiger partial charge on any atom is -0.495 e. The van der Waals surface area contributed by atoms with Gasteiger partial charge in [0.15, 0.2) is 0 Å². The fourth-order valence-corrected chi connectivity index (χ4v) is 2.89. The molecule has 0 atom stereocenters. The number of rotatable bonds is 6. The molecule has 0 radical (unpaired) electrons. The van der Waals surface area contributed by atoms with E-state index in [-0.39, 0.29) is 11.6 Å². The van der Waals surface area contributed by atoms with Crippen LogP contribution in [0.4, 0.5) is 17.1 Å². The Kier molecular flexibility index (Phi) is 6.01. The second kappa shape index (κ2) is 8.63. The molecule has 0 aliphatic heterocycles. The van der Waals surface area contributed by atoms with Crippen molar-refractivity contribution in [2.45, 2.75) is 0 Å². The predicted molar refractivity (Wildman–Crippen MR) is 111 cm³/mol. The van der Waals surface area contributed by atoms with Gasteiger partial charge in [-0.3, -0.25) is 4.79 Å². The SMILES string of the molecule is COc1cc(NC(=O)c2ccc(N(C)c3ccccc3)cn2)c(OC)cc1Cl. The monoisotopic (exact) mass is 397 g/mol. The smallest absolute Gasteiger partial charge is 0.274 e. The highest BCUT2D eigenvalue weighted by atomic mass is 35.5. The van der Waals surface area contributed by atoms with Crippen molar-refractivity contribution in [3.63, 3.8) is 0 Å². The summed E-state index contributed by atoms with van der Waals surface area (Å²) in [6.45, 7) is 0. The van der Waals surface area contributed by atoms with Gasteiger partial charge in [-0.25, -0.2) is 4.98 Å². The van der Waals surface area contributed by atoms with Gasteiger partial charge in [-0.2, -0.15) is 0 Å². The Morgan fingerprint density at radius 3 is 2.32 bits per heavy atom. The minimum atomic E-state index is -0.364. The molecule has 28 heavy (non-hydrogen) atoms. The molecule has 0 aliphatic rings. The number of hydrogen-bond donors (Lipinski definition) is 1. The molecule has 3 rings (SSSR count). The third kappa shape index (κ3) is 4.18. The molecule has 0 saturated carbocycles. The maximum absolute atomic E-state index is 12.6. The highest BCUT2D eigenvalue weighted by molar-refractivity contribution is 6.32. The highest BCUT2D eigenvalue weighted by Crippen LogP contribution is 2.36. The summed E-state index contributed by atoms with van der Waals surface area (Å²) in [6.07, 6.45) is 1.65. The number of nitrogens with one attached hydrogen (secondary N) is 1. The molecule has 0 bridgehead atoms. The summed E-state index contributed by atoms with van der Waals surface area (Å²) >= 11 is 6.10. The van der Waals surface area contributed by atoms with Crippen molar-refractivity contribution in [1.82, 2.24) is 4.98 Å². The van der Waals surface area contributed by atoms with E-state index >= 15 is 0 Å². The molecule has 1 N–H and O–H groups in total. The molecule has 0 unspecified atom stereocenters. The normalized spacial score (nSPS) is 10.3. The van der Waals surface area contributed by atoms with E-state index in [4.69, 9.17) is 21.1 Å². The average Bonchev–Trinajstić information content (AvgIpc) is 2.74. The van der Waals surface area contributed by atoms with Crippen LogP contribution < -0.4 is 19.7 Å². The number of nitrogens with zero attached hydrogens (tertiary/aromatic N) is 2. The highest BCUT2D eigenvalue weighted by Gasteiger charge is 2.15. The average molecular weight is 398 g/mol. The van der Waals surface area contributed by atoms with Crippen LogP contribution in [0.3, 0.4) is 0 Å². The van der Waals surface area contributed by atoms with E-state index < -0.39 is 0 Å². The minimum absolute atomic E-state index is 0.279. The Morgan fingerprint density at radius 2 is 1.71 bits per heavy atom. The fraction of sp³-hybridized carbons (Fsp3) is 0.143. The third-order valence-corrected chi connectivity index (χ3v) is 4.53. The van der Waals surface area contributed by atoms with Crippen LogP contribution >= 0.6 is 11.6 Å². The van der Waals surface area contributed by atoms with Gasteiger partial charge in [0.1, 0.15) is 17.2 Å². The molecular weight excluding hydrogens is 378 g/mol. The number of para-hydroxylation sites is 1. The van der Waals surface area contributed by atoms with E-state index in [2.05, 4.69) is 10.3 Å². The topological polar surface area (TPSA) is 63.7 Å². The van der Waals surface area contributed by atoms with Crippen molar-refractivity contribution in [3.05, 3.63) is 71.5 Å². The molecule has 0 aliphatic carbocycles. The molecule has 6 nitrogen and oxygen atoms in total. The maximum atomic E-state index is 12.6. The summed E-state index contributed by atoms with van der Waals surface area (Å²) in [5.41, 5.74) is 2.62. The van der Waals surface area contributed by atoms with Gasteiger partial charge < -0.3 is 19.7 Å². The number of amides is 1. The standard InChI is InChI=1S/C21H20ClN3O3/c1-25(14-7-5-4-6-8-14)15-9-10-17(23-13-15)21(26)24-18-12-19(27-2)16(22)11-20(18)28-3/h4-13H,1-3H3,(H,24,26). The number of carbonyl (C=O) groups is 1. The molecule has 1 aromatic heterocycles. The first-order chi connectivity index (χ1) is 13.5. The zero-order chi connectivity index (χ0) is 20.1. The molecule has 0 saturated heterocycles. The summed E-state index contributed by atoms with van der Waals surface area (Å²) in [7, 11) is 4.94. The first kappa shape index (κ1) is 19.5. The summed E-state index contributed by atoms with van der Waals surface area (Å²) < 4.78 is 10.5. The van der Waals surface area contributed by atoms with Crippen molar-refractivity contribution in [1.29, 1.82) is 0 Å². The summed E-state index contributed by atoms with van der Waals surface area (Å²) in [5, 5.41) is 3.17. The van der Waals surface area contributed by atoms with Gasteiger partial charge in [-0.15, -0.1) is 0 Å². The Balaban J connectivity index is 1.79. The lowest BCUT2D eigenvalue weighted by Gasteiger charge is -2.19. The van der Waals surface area contributed by atoms with Crippen molar-refractivity contribution >= 4 is 34.6 Å². The van der Waals surface area contributed by atoms with E-state index in [1.165, 1.54) is 14.2 Å². The van der Waals surface area contributed by atoms with Crippen LogP contribution in [0, 0.1) is 0 Å². The van der Waals surface area contributed by atoms with Gasteiger partial charge in [-0.1, -0.05) is 29.8 Å². The van der Waals surface area contributed by atoms with Gasteiger partial charge in [0.25, 0.3) is 5.91 Å². The second-order valence-electron chi connectivity index (χ2n) is 5.94. The van der Waals surface area contributed by atoms with E-state index in [0.717, 1.165) is 11.4 Å². The third-order valence-electron chi connectivity index (χ3n) is 4.23. The lowest BCUT2D eigenvalue weighted by atomic mass is 10.2. The van der Waals surface area contributed by atoms with Crippen LogP contribution in [0.2, 0.25) is 5.02 Å². The number of ether oxygens (including phenoxy) is 2. The van der Waals surface area contributed by atoms with E-state index in [1.54, 1.807) is 24.4 Å². The van der Waals surface area contributed by atoms with Crippen molar-refractivity contribution in [3.8, 4) is 11.5 Å². The zero-order valence-corrected chi connectivity index (χ0v) is 16.5. The number of hydrogen-bond acceptors (Lipinski definition) is 5. The zero-order valence-electron chi connectivity index (χ0n) is 15.8. The number of anilines is 3. The quantitative estimate of drug-likeness (QED) is 0.649. The summed E-state index contributed by atoms with van der Waals surface area (Å²) in [4.78, 5) is 18.9. The number of methoxy groups -OCH3 is 2. The molecule has 0 spiro atoms. The lowest BCUT2D eigenvalue weighted by Crippen LogP contribution is -2.15. The largest absolute Gasteiger partial charge is 0.495 e. The van der Waals surface area contributed by atoms with E-state index in [0.29, 0.717) is 22.2 Å². The molecule has 144 valence electrons. The van der Waals surface area contributed by atoms with Crippen LogP contribution in [0.25, 0.3) is 0 Å². The van der Waals surface area contributed by atoms with Crippen molar-refractivity contribution in [2.24, 2.45) is 0 Å². The first-order valence-electron chi connectivity index (χ1n) is 8.51. The molecule has 3 aromatic rings. The maximum Gasteiger partial charge on any atom is 0.274 e. The van der Waals surface area contributed by atoms with Crippen molar-refractivity contribution in [2.75, 3.05) is 31.5 Å². The molecular formula is C21H20ClN3O3. The van der Waals surface area contributed by atoms with Gasteiger partial charge in [-0.05, 0) is 24.3 Å². The lowest BCUT2D eigenvalue weighted by molar-refractivity contribution is 0.102. The summed E-state index contributed by atoms with van der Waals surface area (Å²) in [6, 6.07) is 16.6. The molecule has 7 heteroatoms. The summed E-state index contributed by atoms with van der Waals surface area (Å²) in [5.74, 6) is 0.502. The predicted octanol–water partition coefficient (Wildman–Crippen LogP) is 4.77. The second-order valence-corrected chi connectivity index (χ2v) is 6.34. The fourth-order valence-electron chi connectivity index (χ4n) is 2.66. The van der Waals surface area contributed by atoms with Crippen LogP contribution in [-0.4, -0.2) is 32.2 Å². The molecule has 2 aromatic carbocycles. The first-order valence-corrected chi connectivity index (χ1v) is 8.89. The number of pyridine rings is 1. The Bertz CT molecular complexity index is 963. The Morgan fingerprint density at radius 1 is 1.00 bits per heavy atom. The molecule has 1 heterocycles. The van der Waals surface area contributed by atoms with Gasteiger partial charge in [0.05, 0.1) is 36.8 Å². The number of benzene rings is 2. The molecule has 1 amide bonds. The van der Waals surface area contributed by atoms with Crippen LogP contribution in [0.5, 0.6) is 11.5 Å². The van der Waals surface area contributed by atoms with E-state index in [9.17, 15) is 4.79 Å². The Labute approximate surface area is 168 Å². The Hall–Kier alpha value is -3.25. The van der Waals surface area contributed by atoms with Gasteiger partial charge in [0, 0.05) is 24.9 Å². The van der Waals surface area contributed by atoms with Crippen LogP contribution in [0.1, 0.15) is 10.5 Å². The van der Waals surface area contributed by atoms with E-state index in [1.807, 2.05) is 48.3 Å². The number of halogens is 1. The van der Waals surface area contributed by atoms with Crippen LogP contribution in [0.15, 0.2) is 60.8 Å². The number of carbonyl (C=O) groups excluding carboxylic acids is 1. The molecule has 0 fully saturated rings. The van der Waals surface area contributed by atoms with Crippen LogP contribution in [-0.2, 0) is 0 Å². The van der Waals surface area contributed by atoms with Gasteiger partial charge >= 0.3 is 0 Å². The number of aromatic nitrogens is 1. The van der Waals surface area contributed by atoms with Crippen molar-refractivity contribution < 1.29 is 14.3 Å². The van der Waals surface area contributed by atoms with Gasteiger partial charge in [0.2, 0.25) is 0 Å².